The molecule has 1 N–H and O–H groups in total. The van der Waals surface area contributed by atoms with Gasteiger partial charge < -0.3 is 5.11 Å². The minimum atomic E-state index is -0.929. The molecule has 0 saturated heterocycles. The van der Waals surface area contributed by atoms with Crippen LogP contribution in [0.2, 0.25) is 5.02 Å². The topological polar surface area (TPSA) is 32.6 Å². The first kappa shape index (κ1) is 18.4. The molecule has 25 heavy (non-hydrogen) atoms. The van der Waals surface area contributed by atoms with Gasteiger partial charge in [-0.3, -0.25) is 0 Å². The normalized spacial score (nSPS) is 20.2. The maximum absolute atomic E-state index is 14.6. The van der Waals surface area contributed by atoms with Gasteiger partial charge >= 0.3 is 5.29 Å². The summed E-state index contributed by atoms with van der Waals surface area (Å²) < 4.78 is 41.0. The molecule has 0 saturated carbocycles. The standard InChI is InChI=1S/C16H9BrCl2F3N2O/c17-15-14(7-25)24(16(19)23-15,12-3-1-8(20)5-10(12)18)13-4-2-9(21)6-11(13)22/h1-6,25H,7H2/q+1. The summed E-state index contributed by atoms with van der Waals surface area (Å²) in [4.78, 5) is 4.05. The number of rotatable bonds is 3. The summed E-state index contributed by atoms with van der Waals surface area (Å²) in [5.74, 6) is -2.32. The molecule has 9 heteroatoms. The van der Waals surface area contributed by atoms with Gasteiger partial charge in [-0.2, -0.15) is 9.48 Å². The summed E-state index contributed by atoms with van der Waals surface area (Å²) in [5, 5.41) is 9.62. The van der Waals surface area contributed by atoms with Gasteiger partial charge in [-0.1, -0.05) is 11.6 Å². The van der Waals surface area contributed by atoms with E-state index in [1.807, 2.05) is 0 Å². The lowest BCUT2D eigenvalue weighted by Crippen LogP contribution is -2.46. The van der Waals surface area contributed by atoms with Gasteiger partial charge in [0.15, 0.2) is 27.5 Å². The number of amidine groups is 1. The van der Waals surface area contributed by atoms with Crippen LogP contribution in [0.3, 0.4) is 0 Å². The number of nitrogens with zero attached hydrogens (tertiary/aromatic N) is 2. The van der Waals surface area contributed by atoms with Crippen molar-refractivity contribution >= 4 is 55.8 Å². The Bertz CT molecular complexity index is 882. The van der Waals surface area contributed by atoms with Crippen molar-refractivity contribution in [2.24, 2.45) is 4.99 Å². The molecule has 0 fully saturated rings. The number of quaternary nitrogens is 1. The van der Waals surface area contributed by atoms with E-state index in [1.54, 1.807) is 0 Å². The lowest BCUT2D eigenvalue weighted by atomic mass is 10.1. The highest BCUT2D eigenvalue weighted by Gasteiger charge is 2.51. The molecule has 1 aliphatic heterocycles. The number of hydrogen-bond donors (Lipinski definition) is 1. The SMILES string of the molecule is OCC1=C(Br)N=C(Cl)[N+]1(c1ccc(F)cc1F)c1ccc(F)cc1Cl. The first-order valence-corrected chi connectivity index (χ1v) is 8.42. The van der Waals surface area contributed by atoms with Gasteiger partial charge in [0, 0.05) is 29.8 Å². The highest BCUT2D eigenvalue weighted by molar-refractivity contribution is 9.11. The van der Waals surface area contributed by atoms with Crippen molar-refractivity contribution in [2.45, 2.75) is 0 Å². The molecule has 0 radical (unpaired) electrons. The molecule has 1 unspecified atom stereocenters. The second kappa shape index (κ2) is 6.74. The van der Waals surface area contributed by atoms with Crippen molar-refractivity contribution < 1.29 is 18.3 Å². The Labute approximate surface area is 159 Å². The van der Waals surface area contributed by atoms with Gasteiger partial charge in [0.2, 0.25) is 0 Å². The Hall–Kier alpha value is -1.38. The zero-order valence-corrected chi connectivity index (χ0v) is 15.4. The molecule has 0 aromatic heterocycles. The third kappa shape index (κ3) is 2.80. The van der Waals surface area contributed by atoms with Crippen LogP contribution < -0.4 is 4.48 Å². The molecule has 1 atom stereocenters. The fourth-order valence-corrected chi connectivity index (χ4v) is 4.09. The van der Waals surface area contributed by atoms with Gasteiger partial charge in [-0.25, -0.2) is 13.2 Å². The molecule has 0 aliphatic carbocycles. The third-order valence-electron chi connectivity index (χ3n) is 3.80. The number of hydrogen-bond acceptors (Lipinski definition) is 2. The molecule has 3 rings (SSSR count). The third-order valence-corrected chi connectivity index (χ3v) is 5.08. The summed E-state index contributed by atoms with van der Waals surface area (Å²) in [5.41, 5.74) is 0.173. The van der Waals surface area contributed by atoms with Crippen LogP contribution in [0.15, 0.2) is 51.7 Å². The van der Waals surface area contributed by atoms with Crippen LogP contribution >= 0.6 is 39.1 Å². The molecule has 1 aliphatic rings. The quantitative estimate of drug-likeness (QED) is 0.479. The zero-order valence-electron chi connectivity index (χ0n) is 12.3. The number of aliphatic hydroxyl groups excluding tert-OH is 1. The van der Waals surface area contributed by atoms with Gasteiger partial charge in [0.25, 0.3) is 0 Å². The van der Waals surface area contributed by atoms with Gasteiger partial charge in [0.05, 0.1) is 0 Å². The second-order valence-corrected chi connectivity index (χ2v) is 6.64. The Morgan fingerprint density at radius 1 is 1.00 bits per heavy atom. The van der Waals surface area contributed by atoms with E-state index >= 15 is 0 Å². The summed E-state index contributed by atoms with van der Waals surface area (Å²) >= 11 is 15.7. The highest BCUT2D eigenvalue weighted by atomic mass is 79.9. The van der Waals surface area contributed by atoms with E-state index in [2.05, 4.69) is 20.9 Å². The Morgan fingerprint density at radius 3 is 2.16 bits per heavy atom. The Morgan fingerprint density at radius 2 is 1.60 bits per heavy atom. The van der Waals surface area contributed by atoms with E-state index < -0.39 is 28.5 Å². The van der Waals surface area contributed by atoms with Crippen molar-refractivity contribution in [3.63, 3.8) is 0 Å². The molecule has 2 aromatic carbocycles. The first-order chi connectivity index (χ1) is 11.8. The largest absolute Gasteiger partial charge is 0.386 e. The molecule has 0 bridgehead atoms. The van der Waals surface area contributed by atoms with Crippen molar-refractivity contribution in [2.75, 3.05) is 6.61 Å². The van der Waals surface area contributed by atoms with Crippen LogP contribution in [0.5, 0.6) is 0 Å². The maximum atomic E-state index is 14.6. The molecular weight excluding hydrogens is 444 g/mol. The average molecular weight is 453 g/mol. The van der Waals surface area contributed by atoms with Crippen molar-refractivity contribution in [1.29, 1.82) is 0 Å². The van der Waals surface area contributed by atoms with Crippen molar-refractivity contribution in [3.05, 3.63) is 69.2 Å². The lowest BCUT2D eigenvalue weighted by Gasteiger charge is -2.33. The monoisotopic (exact) mass is 451 g/mol. The number of benzene rings is 2. The van der Waals surface area contributed by atoms with Crippen LogP contribution in [0, 0.1) is 17.5 Å². The second-order valence-electron chi connectivity index (χ2n) is 5.14. The zero-order chi connectivity index (χ0) is 18.4. The fourth-order valence-electron chi connectivity index (χ4n) is 2.77. The number of halogens is 6. The summed E-state index contributed by atoms with van der Waals surface area (Å²) in [6.45, 7) is -0.565. The fraction of sp³-hybridized carbons (Fsp3) is 0.0625. The molecule has 3 nitrogen and oxygen atoms in total. The predicted octanol–water partition coefficient (Wildman–Crippen LogP) is 5.56. The molecular formula is C16H9BrCl2F3N2O+. The van der Waals surface area contributed by atoms with Gasteiger partial charge in [-0.15, -0.1) is 0 Å². The van der Waals surface area contributed by atoms with E-state index in [-0.39, 0.29) is 32.0 Å². The van der Waals surface area contributed by atoms with E-state index in [0.717, 1.165) is 18.2 Å². The molecule has 0 spiro atoms. The maximum Gasteiger partial charge on any atom is 0.316 e. The van der Waals surface area contributed by atoms with Gasteiger partial charge in [0.1, 0.15) is 23.3 Å². The summed E-state index contributed by atoms with van der Waals surface area (Å²) in [7, 11) is 0. The highest BCUT2D eigenvalue weighted by Crippen LogP contribution is 2.50. The van der Waals surface area contributed by atoms with Crippen LogP contribution in [-0.2, 0) is 0 Å². The smallest absolute Gasteiger partial charge is 0.316 e. The molecule has 1 heterocycles. The minimum Gasteiger partial charge on any atom is -0.386 e. The molecule has 130 valence electrons. The van der Waals surface area contributed by atoms with E-state index in [0.29, 0.717) is 6.07 Å². The first-order valence-electron chi connectivity index (χ1n) is 6.87. The van der Waals surface area contributed by atoms with E-state index in [4.69, 9.17) is 23.2 Å². The predicted molar refractivity (Wildman–Crippen MR) is 95.5 cm³/mol. The average Bonchev–Trinajstić information content (AvgIpc) is 2.78. The van der Waals surface area contributed by atoms with Crippen LogP contribution in [-0.4, -0.2) is 17.0 Å². The molecule has 0 amide bonds. The van der Waals surface area contributed by atoms with Gasteiger partial charge in [-0.05, 0) is 34.1 Å². The van der Waals surface area contributed by atoms with Crippen molar-refractivity contribution in [3.8, 4) is 0 Å². The summed E-state index contributed by atoms with van der Waals surface area (Å²) in [6, 6.07) is 6.35. The van der Waals surface area contributed by atoms with E-state index in [9.17, 15) is 18.3 Å². The number of aliphatic imine (C=N–C) groups is 1. The van der Waals surface area contributed by atoms with Crippen molar-refractivity contribution in [1.82, 2.24) is 4.48 Å². The number of aliphatic hydroxyl groups is 1. The van der Waals surface area contributed by atoms with Crippen LogP contribution in [0.1, 0.15) is 0 Å². The summed E-state index contributed by atoms with van der Waals surface area (Å²) in [6.07, 6.45) is 0. The van der Waals surface area contributed by atoms with Crippen LogP contribution in [0.4, 0.5) is 24.5 Å². The molecule has 2 aromatic rings. The minimum absolute atomic E-state index is 0.0646. The Balaban J connectivity index is 2.44. The van der Waals surface area contributed by atoms with E-state index in [1.165, 1.54) is 12.1 Å². The lowest BCUT2D eigenvalue weighted by molar-refractivity contribution is 0.310. The Kier molecular flexibility index (Phi) is 4.96. The van der Waals surface area contributed by atoms with Crippen LogP contribution in [0.25, 0.3) is 0 Å².